The first-order chi connectivity index (χ1) is 9.56. The predicted octanol–water partition coefficient (Wildman–Crippen LogP) is 2.77. The van der Waals surface area contributed by atoms with Gasteiger partial charge < -0.3 is 4.90 Å². The fraction of sp³-hybridized carbons (Fsp3) is 0.588. The van der Waals surface area contributed by atoms with E-state index < -0.39 is 0 Å². The van der Waals surface area contributed by atoms with E-state index in [1.165, 1.54) is 5.56 Å². The molecule has 3 heteroatoms. The Labute approximate surface area is 122 Å². The molecule has 0 saturated carbocycles. The zero-order chi connectivity index (χ0) is 14.5. The third-order valence-electron chi connectivity index (χ3n) is 3.93. The van der Waals surface area contributed by atoms with Crippen molar-refractivity contribution in [2.75, 3.05) is 19.6 Å². The van der Waals surface area contributed by atoms with Crippen molar-refractivity contribution in [3.05, 3.63) is 35.9 Å². The molecule has 0 aliphatic carbocycles. The average molecular weight is 274 g/mol. The van der Waals surface area contributed by atoms with E-state index in [-0.39, 0.29) is 0 Å². The predicted molar refractivity (Wildman–Crippen MR) is 82.3 cm³/mol. The standard InChI is InChI=1S/C17H26N2O/c1-14(2)11-17(20)19-10-9-18(15(3)12-19)13-16-7-5-4-6-8-16/h4-8,14-15H,9-13H2,1-3H3. The highest BCUT2D eigenvalue weighted by atomic mass is 16.2. The minimum atomic E-state index is 0.311. The van der Waals surface area contributed by atoms with E-state index in [1.54, 1.807) is 0 Å². The van der Waals surface area contributed by atoms with Gasteiger partial charge in [-0.05, 0) is 18.4 Å². The number of hydrogen-bond donors (Lipinski definition) is 0. The summed E-state index contributed by atoms with van der Waals surface area (Å²) < 4.78 is 0. The van der Waals surface area contributed by atoms with Crippen LogP contribution in [0.15, 0.2) is 30.3 Å². The molecule has 0 N–H and O–H groups in total. The molecular weight excluding hydrogens is 248 g/mol. The van der Waals surface area contributed by atoms with E-state index in [0.29, 0.717) is 24.3 Å². The molecule has 1 aromatic rings. The first-order valence-corrected chi connectivity index (χ1v) is 7.62. The molecule has 0 bridgehead atoms. The largest absolute Gasteiger partial charge is 0.340 e. The zero-order valence-electron chi connectivity index (χ0n) is 12.9. The maximum absolute atomic E-state index is 12.1. The number of piperazine rings is 1. The van der Waals surface area contributed by atoms with Crippen LogP contribution >= 0.6 is 0 Å². The number of carbonyl (C=O) groups is 1. The second-order valence-electron chi connectivity index (χ2n) is 6.24. The SMILES string of the molecule is CC(C)CC(=O)N1CCN(Cc2ccccc2)C(C)C1. The lowest BCUT2D eigenvalue weighted by Gasteiger charge is -2.40. The quantitative estimate of drug-likeness (QED) is 0.843. The minimum Gasteiger partial charge on any atom is -0.340 e. The van der Waals surface area contributed by atoms with Gasteiger partial charge in [-0.1, -0.05) is 44.2 Å². The topological polar surface area (TPSA) is 23.6 Å². The molecule has 1 amide bonds. The first kappa shape index (κ1) is 15.0. The number of carbonyl (C=O) groups excluding carboxylic acids is 1. The molecule has 0 spiro atoms. The first-order valence-electron chi connectivity index (χ1n) is 7.62. The van der Waals surface area contributed by atoms with E-state index >= 15 is 0 Å². The van der Waals surface area contributed by atoms with Gasteiger partial charge in [-0.3, -0.25) is 9.69 Å². The number of nitrogens with zero attached hydrogens (tertiary/aromatic N) is 2. The highest BCUT2D eigenvalue weighted by molar-refractivity contribution is 5.76. The van der Waals surface area contributed by atoms with Crippen LogP contribution in [-0.2, 0) is 11.3 Å². The van der Waals surface area contributed by atoms with Crippen LogP contribution in [-0.4, -0.2) is 41.4 Å². The van der Waals surface area contributed by atoms with Gasteiger partial charge in [-0.25, -0.2) is 0 Å². The molecule has 0 radical (unpaired) electrons. The fourth-order valence-corrected chi connectivity index (χ4v) is 2.75. The average Bonchev–Trinajstić information content (AvgIpc) is 2.41. The van der Waals surface area contributed by atoms with E-state index in [1.807, 2.05) is 4.90 Å². The molecule has 2 rings (SSSR count). The van der Waals surface area contributed by atoms with Crippen molar-refractivity contribution in [1.82, 2.24) is 9.80 Å². The minimum absolute atomic E-state index is 0.311. The normalized spacial score (nSPS) is 20.4. The summed E-state index contributed by atoms with van der Waals surface area (Å²) in [6, 6.07) is 11.0. The molecule has 1 atom stereocenters. The zero-order valence-corrected chi connectivity index (χ0v) is 12.9. The van der Waals surface area contributed by atoms with Crippen molar-refractivity contribution in [3.63, 3.8) is 0 Å². The molecule has 1 aliphatic heterocycles. The van der Waals surface area contributed by atoms with Crippen molar-refractivity contribution in [2.24, 2.45) is 5.92 Å². The summed E-state index contributed by atoms with van der Waals surface area (Å²) in [5.74, 6) is 0.756. The van der Waals surface area contributed by atoms with Crippen molar-refractivity contribution in [1.29, 1.82) is 0 Å². The summed E-state index contributed by atoms with van der Waals surface area (Å²) >= 11 is 0. The maximum Gasteiger partial charge on any atom is 0.222 e. The smallest absolute Gasteiger partial charge is 0.222 e. The Bertz CT molecular complexity index is 430. The molecule has 110 valence electrons. The summed E-state index contributed by atoms with van der Waals surface area (Å²) in [4.78, 5) is 16.6. The van der Waals surface area contributed by atoms with E-state index in [9.17, 15) is 4.79 Å². The lowest BCUT2D eigenvalue weighted by molar-refractivity contribution is -0.134. The molecule has 20 heavy (non-hydrogen) atoms. The van der Waals surface area contributed by atoms with Crippen LogP contribution in [0.3, 0.4) is 0 Å². The Hall–Kier alpha value is -1.35. The van der Waals surface area contributed by atoms with E-state index in [4.69, 9.17) is 0 Å². The summed E-state index contributed by atoms with van der Waals surface area (Å²) in [6.45, 7) is 10.1. The van der Waals surface area contributed by atoms with Crippen molar-refractivity contribution in [2.45, 2.75) is 39.8 Å². The molecule has 1 fully saturated rings. The highest BCUT2D eigenvalue weighted by Gasteiger charge is 2.26. The van der Waals surface area contributed by atoms with Crippen molar-refractivity contribution < 1.29 is 4.79 Å². The number of hydrogen-bond acceptors (Lipinski definition) is 2. The number of rotatable bonds is 4. The molecule has 3 nitrogen and oxygen atoms in total. The maximum atomic E-state index is 12.1. The highest BCUT2D eigenvalue weighted by Crippen LogP contribution is 2.15. The second-order valence-corrected chi connectivity index (χ2v) is 6.24. The Morgan fingerprint density at radius 1 is 1.25 bits per heavy atom. The third-order valence-corrected chi connectivity index (χ3v) is 3.93. The van der Waals surface area contributed by atoms with Crippen LogP contribution in [0.2, 0.25) is 0 Å². The third kappa shape index (κ3) is 4.07. The summed E-state index contributed by atoms with van der Waals surface area (Å²) in [6.07, 6.45) is 0.672. The van der Waals surface area contributed by atoms with Gasteiger partial charge in [0.15, 0.2) is 0 Å². The van der Waals surface area contributed by atoms with Crippen molar-refractivity contribution >= 4 is 5.91 Å². The lowest BCUT2D eigenvalue weighted by Crippen LogP contribution is -2.53. The van der Waals surface area contributed by atoms with Crippen LogP contribution in [0.4, 0.5) is 0 Å². The molecule has 0 aromatic heterocycles. The Morgan fingerprint density at radius 3 is 2.55 bits per heavy atom. The second kappa shape index (κ2) is 6.89. The summed E-state index contributed by atoms with van der Waals surface area (Å²) in [5, 5.41) is 0. The molecule has 1 aromatic carbocycles. The summed E-state index contributed by atoms with van der Waals surface area (Å²) in [5.41, 5.74) is 1.35. The van der Waals surface area contributed by atoms with E-state index in [2.05, 4.69) is 56.0 Å². The molecule has 1 aliphatic rings. The van der Waals surface area contributed by atoms with Gasteiger partial charge in [0.25, 0.3) is 0 Å². The number of amides is 1. The van der Waals surface area contributed by atoms with Gasteiger partial charge >= 0.3 is 0 Å². The van der Waals surface area contributed by atoms with Crippen LogP contribution in [0.25, 0.3) is 0 Å². The van der Waals surface area contributed by atoms with Gasteiger partial charge in [0.05, 0.1) is 0 Å². The van der Waals surface area contributed by atoms with Gasteiger partial charge in [0.1, 0.15) is 0 Å². The van der Waals surface area contributed by atoms with Gasteiger partial charge in [-0.15, -0.1) is 0 Å². The van der Waals surface area contributed by atoms with Gasteiger partial charge in [0, 0.05) is 38.6 Å². The van der Waals surface area contributed by atoms with Crippen LogP contribution in [0.5, 0.6) is 0 Å². The molecule has 1 saturated heterocycles. The number of benzene rings is 1. The Balaban J connectivity index is 1.88. The van der Waals surface area contributed by atoms with E-state index in [0.717, 1.165) is 26.2 Å². The summed E-state index contributed by atoms with van der Waals surface area (Å²) in [7, 11) is 0. The molecule has 1 unspecified atom stereocenters. The monoisotopic (exact) mass is 274 g/mol. The van der Waals surface area contributed by atoms with Crippen molar-refractivity contribution in [3.8, 4) is 0 Å². The Morgan fingerprint density at radius 2 is 1.95 bits per heavy atom. The van der Waals surface area contributed by atoms with Crippen LogP contribution in [0.1, 0.15) is 32.8 Å². The molecular formula is C17H26N2O. The van der Waals surface area contributed by atoms with Gasteiger partial charge in [0.2, 0.25) is 5.91 Å². The lowest BCUT2D eigenvalue weighted by atomic mass is 10.1. The Kier molecular flexibility index (Phi) is 5.18. The van der Waals surface area contributed by atoms with Crippen LogP contribution < -0.4 is 0 Å². The molecule has 1 heterocycles. The van der Waals surface area contributed by atoms with Crippen LogP contribution in [0, 0.1) is 5.92 Å². The van der Waals surface area contributed by atoms with Gasteiger partial charge in [-0.2, -0.15) is 0 Å². The fourth-order valence-electron chi connectivity index (χ4n) is 2.75.